The predicted octanol–water partition coefficient (Wildman–Crippen LogP) is 2.89. The van der Waals surface area contributed by atoms with Crippen LogP contribution in [0, 0.1) is 16.7 Å². The molecule has 0 spiro atoms. The van der Waals surface area contributed by atoms with Crippen LogP contribution in [-0.4, -0.2) is 43.3 Å². The van der Waals surface area contributed by atoms with Gasteiger partial charge in [-0.05, 0) is 41.7 Å². The molecule has 1 unspecified atom stereocenters. The van der Waals surface area contributed by atoms with Crippen molar-refractivity contribution in [2.45, 2.75) is 46.4 Å². The zero-order valence-corrected chi connectivity index (χ0v) is 18.6. The first-order valence-corrected chi connectivity index (χ1v) is 10.7. The third-order valence-electron chi connectivity index (χ3n) is 5.75. The topological polar surface area (TPSA) is 87.1 Å². The Bertz CT molecular complexity index is 1230. The van der Waals surface area contributed by atoms with Gasteiger partial charge in [0.1, 0.15) is 0 Å². The van der Waals surface area contributed by atoms with Crippen LogP contribution in [0.25, 0.3) is 22.4 Å². The van der Waals surface area contributed by atoms with Crippen molar-refractivity contribution < 1.29 is 5.11 Å². The van der Waals surface area contributed by atoms with E-state index in [1.54, 1.807) is 16.2 Å². The van der Waals surface area contributed by atoms with Gasteiger partial charge in [-0.2, -0.15) is 5.26 Å². The summed E-state index contributed by atoms with van der Waals surface area (Å²) in [6.07, 6.45) is 0.529. The Labute approximate surface area is 182 Å². The molecule has 1 aliphatic heterocycles. The quantitative estimate of drug-likeness (QED) is 0.703. The number of likely N-dealkylation sites (tertiary alicyclic amines) is 1. The van der Waals surface area contributed by atoms with Crippen LogP contribution in [-0.2, 0) is 20.1 Å². The summed E-state index contributed by atoms with van der Waals surface area (Å²) in [6.45, 7) is 9.16. The van der Waals surface area contributed by atoms with Gasteiger partial charge in [-0.15, -0.1) is 0 Å². The Morgan fingerprint density at radius 3 is 2.68 bits per heavy atom. The van der Waals surface area contributed by atoms with Gasteiger partial charge in [0, 0.05) is 38.8 Å². The lowest BCUT2D eigenvalue weighted by Crippen LogP contribution is -2.27. The van der Waals surface area contributed by atoms with E-state index in [0.717, 1.165) is 36.2 Å². The van der Waals surface area contributed by atoms with E-state index in [4.69, 9.17) is 4.98 Å². The normalized spacial score (nSPS) is 17.4. The van der Waals surface area contributed by atoms with Crippen LogP contribution in [0.3, 0.4) is 0 Å². The van der Waals surface area contributed by atoms with Crippen molar-refractivity contribution in [2.24, 2.45) is 12.5 Å². The molecule has 7 heteroatoms. The number of nitriles is 1. The van der Waals surface area contributed by atoms with E-state index in [1.165, 1.54) is 0 Å². The lowest BCUT2D eigenvalue weighted by molar-refractivity contribution is 0.175. The molecule has 0 bridgehead atoms. The van der Waals surface area contributed by atoms with E-state index >= 15 is 0 Å². The fourth-order valence-corrected chi connectivity index (χ4v) is 4.26. The van der Waals surface area contributed by atoms with Gasteiger partial charge >= 0.3 is 5.69 Å². The molecule has 1 aromatic carbocycles. The molecule has 1 saturated heterocycles. The second-order valence-corrected chi connectivity index (χ2v) is 9.70. The van der Waals surface area contributed by atoms with Crippen molar-refractivity contribution in [1.29, 1.82) is 5.26 Å². The second kappa shape index (κ2) is 7.95. The number of rotatable bonds is 4. The Balaban J connectivity index is 1.76. The van der Waals surface area contributed by atoms with Crippen molar-refractivity contribution in [1.82, 2.24) is 19.0 Å². The molecule has 31 heavy (non-hydrogen) atoms. The number of benzene rings is 1. The number of aliphatic hydroxyl groups is 1. The smallest absolute Gasteiger partial charge is 0.330 e. The first-order chi connectivity index (χ1) is 14.7. The highest BCUT2D eigenvalue weighted by Crippen LogP contribution is 2.27. The number of aliphatic hydroxyl groups excluding tert-OH is 1. The van der Waals surface area contributed by atoms with Crippen LogP contribution in [0.2, 0.25) is 0 Å². The Kier molecular flexibility index (Phi) is 5.46. The fourth-order valence-electron chi connectivity index (χ4n) is 4.26. The molecule has 3 aromatic rings. The summed E-state index contributed by atoms with van der Waals surface area (Å²) in [5.74, 6) is 0. The Morgan fingerprint density at radius 2 is 2.03 bits per heavy atom. The van der Waals surface area contributed by atoms with Gasteiger partial charge in [0.05, 0.1) is 28.9 Å². The number of hydrogen-bond acceptors (Lipinski definition) is 5. The molecule has 4 rings (SSSR count). The summed E-state index contributed by atoms with van der Waals surface area (Å²) in [4.78, 5) is 19.8. The van der Waals surface area contributed by atoms with Crippen LogP contribution in [0.1, 0.15) is 38.3 Å². The van der Waals surface area contributed by atoms with E-state index in [9.17, 15) is 15.2 Å². The fraction of sp³-hybridized carbons (Fsp3) is 0.458. The number of fused-ring (bicyclic) bond motifs is 1. The van der Waals surface area contributed by atoms with Crippen LogP contribution in [0.4, 0.5) is 0 Å². The van der Waals surface area contributed by atoms with E-state index < -0.39 is 0 Å². The molecule has 3 heterocycles. The number of pyridine rings is 1. The summed E-state index contributed by atoms with van der Waals surface area (Å²) in [6, 6.07) is 11.9. The summed E-state index contributed by atoms with van der Waals surface area (Å²) in [7, 11) is 1.74. The van der Waals surface area contributed by atoms with E-state index in [2.05, 4.69) is 31.7 Å². The molecule has 2 aromatic heterocycles. The third kappa shape index (κ3) is 4.27. The lowest BCUT2D eigenvalue weighted by Gasteiger charge is -2.18. The van der Waals surface area contributed by atoms with Gasteiger partial charge in [-0.1, -0.05) is 26.8 Å². The molecule has 0 saturated carbocycles. The molecule has 1 N–H and O–H groups in total. The summed E-state index contributed by atoms with van der Waals surface area (Å²) >= 11 is 0. The van der Waals surface area contributed by atoms with E-state index in [-0.39, 0.29) is 17.2 Å². The minimum absolute atomic E-state index is 0.0394. The number of aromatic nitrogens is 3. The van der Waals surface area contributed by atoms with Crippen molar-refractivity contribution in [2.75, 3.05) is 13.1 Å². The van der Waals surface area contributed by atoms with E-state index in [0.29, 0.717) is 30.0 Å². The van der Waals surface area contributed by atoms with Crippen LogP contribution in [0.15, 0.2) is 35.1 Å². The molecule has 0 radical (unpaired) electrons. The maximum atomic E-state index is 12.8. The van der Waals surface area contributed by atoms with E-state index in [1.807, 2.05) is 30.3 Å². The minimum atomic E-state index is -0.264. The van der Waals surface area contributed by atoms with Gasteiger partial charge in [0.2, 0.25) is 0 Å². The summed E-state index contributed by atoms with van der Waals surface area (Å²) in [5.41, 5.74) is 4.35. The lowest BCUT2D eigenvalue weighted by atomic mass is 9.97. The number of aryl methyl sites for hydroxylation is 1. The number of imidazole rings is 1. The first kappa shape index (κ1) is 21.3. The molecular formula is C24H29N5O2. The first-order valence-electron chi connectivity index (χ1n) is 10.7. The largest absolute Gasteiger partial charge is 0.392 e. The molecule has 0 aliphatic carbocycles. The SMILES string of the molecule is Cn1c(=O)n(CC(C)(C)C)c2ccc(-c3cc(CN4CCC(O)C4)ccc3C#N)nc21. The highest BCUT2D eigenvalue weighted by atomic mass is 16.3. The zero-order valence-electron chi connectivity index (χ0n) is 18.6. The van der Waals surface area contributed by atoms with Crippen LogP contribution in [0.5, 0.6) is 0 Å². The highest BCUT2D eigenvalue weighted by molar-refractivity contribution is 5.78. The monoisotopic (exact) mass is 419 g/mol. The molecule has 1 atom stereocenters. The third-order valence-corrected chi connectivity index (χ3v) is 5.75. The molecule has 1 fully saturated rings. The highest BCUT2D eigenvalue weighted by Gasteiger charge is 2.22. The van der Waals surface area contributed by atoms with Crippen molar-refractivity contribution in [3.05, 3.63) is 51.9 Å². The van der Waals surface area contributed by atoms with Gasteiger partial charge in [0.25, 0.3) is 0 Å². The number of hydrogen-bond donors (Lipinski definition) is 1. The molecule has 1 aliphatic rings. The standard InChI is InChI=1S/C24H29N5O2/c1-24(2,3)15-29-21-8-7-20(26-22(21)27(4)23(29)31)19-11-16(5-6-17(19)12-25)13-28-10-9-18(30)14-28/h5-8,11,18,30H,9-10,13-15H2,1-4H3. The minimum Gasteiger partial charge on any atom is -0.392 e. The van der Waals surface area contributed by atoms with Crippen LogP contribution < -0.4 is 5.69 Å². The average molecular weight is 420 g/mol. The second-order valence-electron chi connectivity index (χ2n) is 9.70. The summed E-state index contributed by atoms with van der Waals surface area (Å²) < 4.78 is 3.35. The van der Waals surface area contributed by atoms with Gasteiger partial charge in [-0.3, -0.25) is 14.0 Å². The van der Waals surface area contributed by atoms with Gasteiger partial charge in [0.15, 0.2) is 5.65 Å². The van der Waals surface area contributed by atoms with Crippen LogP contribution >= 0.6 is 0 Å². The molecule has 0 amide bonds. The van der Waals surface area contributed by atoms with Crippen molar-refractivity contribution >= 4 is 11.2 Å². The maximum absolute atomic E-state index is 12.8. The number of nitrogens with zero attached hydrogens (tertiary/aromatic N) is 5. The Morgan fingerprint density at radius 1 is 1.26 bits per heavy atom. The van der Waals surface area contributed by atoms with Crippen molar-refractivity contribution in [3.8, 4) is 17.3 Å². The predicted molar refractivity (Wildman–Crippen MR) is 120 cm³/mol. The number of β-amino-alcohol motifs (C(OH)–C–C–N with tert-alkyl or cyclic N) is 1. The van der Waals surface area contributed by atoms with Gasteiger partial charge in [-0.25, -0.2) is 9.78 Å². The zero-order chi connectivity index (χ0) is 22.3. The van der Waals surface area contributed by atoms with Gasteiger partial charge < -0.3 is 5.11 Å². The summed E-state index contributed by atoms with van der Waals surface area (Å²) in [5, 5.41) is 19.4. The Hall–Kier alpha value is -2.95. The molecular weight excluding hydrogens is 390 g/mol. The maximum Gasteiger partial charge on any atom is 0.330 e. The molecule has 162 valence electrons. The molecule has 7 nitrogen and oxygen atoms in total. The average Bonchev–Trinajstić information content (AvgIpc) is 3.23. The van der Waals surface area contributed by atoms with Crippen molar-refractivity contribution in [3.63, 3.8) is 0 Å².